The van der Waals surface area contributed by atoms with Crippen LogP contribution in [-0.2, 0) is 23.9 Å². The predicted octanol–water partition coefficient (Wildman–Crippen LogP) is 1.74. The maximum Gasteiger partial charge on any atom is 0.308 e. The molecule has 0 aliphatic heterocycles. The fraction of sp³-hybridized carbons (Fsp3) is 0.308. The molecule has 0 aliphatic rings. The Morgan fingerprint density at radius 2 is 1.53 bits per heavy atom. The summed E-state index contributed by atoms with van der Waals surface area (Å²) >= 11 is 0. The molecule has 102 valence electrons. The standard InChI is InChI=1S/C13H14O6/c1-8(14)17-12-6-4-5-11(7-12)13(18-9(2)15)19-10(3)16/h4-7,13H,1-3H3. The van der Waals surface area contributed by atoms with Crippen LogP contribution >= 0.6 is 0 Å². The quantitative estimate of drug-likeness (QED) is 0.469. The number of rotatable bonds is 4. The van der Waals surface area contributed by atoms with Crippen LogP contribution in [0.25, 0.3) is 0 Å². The van der Waals surface area contributed by atoms with Gasteiger partial charge in [0.2, 0.25) is 0 Å². The Morgan fingerprint density at radius 1 is 0.947 bits per heavy atom. The smallest absolute Gasteiger partial charge is 0.308 e. The fourth-order valence-corrected chi connectivity index (χ4v) is 1.35. The van der Waals surface area contributed by atoms with Gasteiger partial charge < -0.3 is 14.2 Å². The molecule has 0 aromatic heterocycles. The van der Waals surface area contributed by atoms with Crippen molar-refractivity contribution in [1.82, 2.24) is 0 Å². The molecular formula is C13H14O6. The summed E-state index contributed by atoms with van der Waals surface area (Å²) in [4.78, 5) is 32.8. The maximum atomic E-state index is 11.0. The molecule has 0 amide bonds. The van der Waals surface area contributed by atoms with Crippen LogP contribution in [0.2, 0.25) is 0 Å². The van der Waals surface area contributed by atoms with E-state index in [0.717, 1.165) is 0 Å². The Balaban J connectivity index is 2.97. The van der Waals surface area contributed by atoms with Gasteiger partial charge in [-0.2, -0.15) is 0 Å². The van der Waals surface area contributed by atoms with Crippen molar-refractivity contribution in [2.75, 3.05) is 0 Å². The Kier molecular flexibility index (Phi) is 5.05. The molecule has 0 atom stereocenters. The summed E-state index contributed by atoms with van der Waals surface area (Å²) in [5, 5.41) is 0. The minimum atomic E-state index is -1.16. The van der Waals surface area contributed by atoms with Crippen LogP contribution in [0.5, 0.6) is 5.75 Å². The lowest BCUT2D eigenvalue weighted by Crippen LogP contribution is -2.15. The largest absolute Gasteiger partial charge is 0.427 e. The molecule has 6 nitrogen and oxygen atoms in total. The zero-order chi connectivity index (χ0) is 14.4. The average molecular weight is 266 g/mol. The number of hydrogen-bond donors (Lipinski definition) is 0. The lowest BCUT2D eigenvalue weighted by atomic mass is 10.2. The fourth-order valence-electron chi connectivity index (χ4n) is 1.35. The third-order valence-corrected chi connectivity index (χ3v) is 1.94. The molecule has 0 bridgehead atoms. The number of carbonyl (C=O) groups is 3. The molecule has 1 aromatic rings. The van der Waals surface area contributed by atoms with E-state index in [1.807, 2.05) is 0 Å². The van der Waals surface area contributed by atoms with Crippen LogP contribution in [0, 0.1) is 0 Å². The third-order valence-electron chi connectivity index (χ3n) is 1.94. The zero-order valence-corrected chi connectivity index (χ0v) is 10.8. The lowest BCUT2D eigenvalue weighted by molar-refractivity contribution is -0.186. The van der Waals surface area contributed by atoms with Crippen LogP contribution in [0.1, 0.15) is 32.6 Å². The summed E-state index contributed by atoms with van der Waals surface area (Å²) in [6, 6.07) is 6.19. The molecule has 0 N–H and O–H groups in total. The van der Waals surface area contributed by atoms with E-state index >= 15 is 0 Å². The first-order chi connectivity index (χ1) is 8.88. The van der Waals surface area contributed by atoms with Crippen LogP contribution < -0.4 is 4.74 Å². The summed E-state index contributed by atoms with van der Waals surface area (Å²) in [5.74, 6) is -1.39. The van der Waals surface area contributed by atoms with Crippen LogP contribution in [0.3, 0.4) is 0 Å². The molecule has 6 heteroatoms. The zero-order valence-electron chi connectivity index (χ0n) is 10.8. The van der Waals surface area contributed by atoms with Gasteiger partial charge in [0.05, 0.1) is 0 Å². The van der Waals surface area contributed by atoms with Gasteiger partial charge in [0, 0.05) is 26.3 Å². The topological polar surface area (TPSA) is 78.9 Å². The predicted molar refractivity (Wildman–Crippen MR) is 64.0 cm³/mol. The highest BCUT2D eigenvalue weighted by molar-refractivity contribution is 5.70. The number of hydrogen-bond acceptors (Lipinski definition) is 6. The molecule has 1 rings (SSSR count). The maximum absolute atomic E-state index is 11.0. The first-order valence-electron chi connectivity index (χ1n) is 5.51. The second-order valence-corrected chi connectivity index (χ2v) is 3.72. The van der Waals surface area contributed by atoms with E-state index in [9.17, 15) is 14.4 Å². The van der Waals surface area contributed by atoms with Crippen molar-refractivity contribution in [1.29, 1.82) is 0 Å². The second kappa shape index (κ2) is 6.53. The van der Waals surface area contributed by atoms with Crippen molar-refractivity contribution in [2.45, 2.75) is 27.1 Å². The Hall–Kier alpha value is -2.37. The van der Waals surface area contributed by atoms with E-state index in [0.29, 0.717) is 5.56 Å². The SMILES string of the molecule is CC(=O)Oc1cccc(C(OC(C)=O)OC(C)=O)c1. The first kappa shape index (κ1) is 14.7. The number of esters is 3. The van der Waals surface area contributed by atoms with Gasteiger partial charge in [-0.3, -0.25) is 14.4 Å². The molecule has 0 heterocycles. The van der Waals surface area contributed by atoms with Gasteiger partial charge in [0.25, 0.3) is 6.29 Å². The van der Waals surface area contributed by atoms with E-state index < -0.39 is 24.2 Å². The minimum Gasteiger partial charge on any atom is -0.427 e. The van der Waals surface area contributed by atoms with Crippen LogP contribution in [0.15, 0.2) is 24.3 Å². The molecule has 1 aromatic carbocycles. The first-order valence-corrected chi connectivity index (χ1v) is 5.51. The van der Waals surface area contributed by atoms with E-state index in [2.05, 4.69) is 0 Å². The number of ether oxygens (including phenoxy) is 3. The highest BCUT2D eigenvalue weighted by atomic mass is 16.7. The molecule has 0 fully saturated rings. The van der Waals surface area contributed by atoms with Crippen LogP contribution in [0.4, 0.5) is 0 Å². The van der Waals surface area contributed by atoms with Gasteiger partial charge in [-0.15, -0.1) is 0 Å². The third kappa shape index (κ3) is 5.20. The van der Waals surface area contributed by atoms with Gasteiger partial charge in [0.15, 0.2) is 0 Å². The number of benzene rings is 1. The highest BCUT2D eigenvalue weighted by Crippen LogP contribution is 2.23. The summed E-state index contributed by atoms with van der Waals surface area (Å²) in [6.07, 6.45) is -1.16. The van der Waals surface area contributed by atoms with Crippen molar-refractivity contribution < 1.29 is 28.6 Å². The summed E-state index contributed by atoms with van der Waals surface area (Å²) in [7, 11) is 0. The lowest BCUT2D eigenvalue weighted by Gasteiger charge is -2.17. The normalized spacial score (nSPS) is 9.89. The van der Waals surface area contributed by atoms with Crippen LogP contribution in [-0.4, -0.2) is 17.9 Å². The molecular weight excluding hydrogens is 252 g/mol. The molecule has 0 aliphatic carbocycles. The summed E-state index contributed by atoms with van der Waals surface area (Å²) < 4.78 is 14.7. The Morgan fingerprint density at radius 3 is 2.00 bits per heavy atom. The van der Waals surface area contributed by atoms with Crippen molar-refractivity contribution in [2.24, 2.45) is 0 Å². The molecule has 0 saturated heterocycles. The average Bonchev–Trinajstić information content (AvgIpc) is 2.26. The van der Waals surface area contributed by atoms with Crippen molar-refractivity contribution in [3.8, 4) is 5.75 Å². The van der Waals surface area contributed by atoms with Gasteiger partial charge in [-0.1, -0.05) is 12.1 Å². The van der Waals surface area contributed by atoms with Crippen molar-refractivity contribution in [3.05, 3.63) is 29.8 Å². The van der Waals surface area contributed by atoms with E-state index in [4.69, 9.17) is 14.2 Å². The van der Waals surface area contributed by atoms with Crippen molar-refractivity contribution >= 4 is 17.9 Å². The van der Waals surface area contributed by atoms with E-state index in [1.165, 1.54) is 26.8 Å². The molecule has 0 unspecified atom stereocenters. The summed E-state index contributed by atoms with van der Waals surface area (Å²) in [5.41, 5.74) is 0.393. The monoisotopic (exact) mass is 266 g/mol. The molecule has 19 heavy (non-hydrogen) atoms. The van der Waals surface area contributed by atoms with Crippen molar-refractivity contribution in [3.63, 3.8) is 0 Å². The Labute approximate surface area is 110 Å². The molecule has 0 saturated carbocycles. The van der Waals surface area contributed by atoms with Gasteiger partial charge in [0.1, 0.15) is 5.75 Å². The Bertz CT molecular complexity index is 478. The van der Waals surface area contributed by atoms with E-state index in [-0.39, 0.29) is 5.75 Å². The number of carbonyl (C=O) groups excluding carboxylic acids is 3. The molecule has 0 spiro atoms. The highest BCUT2D eigenvalue weighted by Gasteiger charge is 2.18. The minimum absolute atomic E-state index is 0.273. The van der Waals surface area contributed by atoms with Gasteiger partial charge in [-0.05, 0) is 12.1 Å². The summed E-state index contributed by atoms with van der Waals surface area (Å²) in [6.45, 7) is 3.67. The molecule has 0 radical (unpaired) electrons. The van der Waals surface area contributed by atoms with Gasteiger partial charge in [-0.25, -0.2) is 0 Å². The van der Waals surface area contributed by atoms with E-state index in [1.54, 1.807) is 18.2 Å². The second-order valence-electron chi connectivity index (χ2n) is 3.72. The van der Waals surface area contributed by atoms with Gasteiger partial charge >= 0.3 is 17.9 Å².